The molecule has 0 saturated carbocycles. The maximum absolute atomic E-state index is 11.1. The molecule has 0 bridgehead atoms. The van der Waals surface area contributed by atoms with Crippen molar-refractivity contribution in [2.75, 3.05) is 25.6 Å². The molecule has 20 heavy (non-hydrogen) atoms. The van der Waals surface area contributed by atoms with Gasteiger partial charge in [-0.15, -0.1) is 0 Å². The van der Waals surface area contributed by atoms with Gasteiger partial charge in [-0.3, -0.25) is 10.1 Å². The van der Waals surface area contributed by atoms with Crippen molar-refractivity contribution in [3.8, 4) is 5.75 Å². The number of nitro benzene ring substituents is 1. The standard InChI is InChI=1S/C14H22N2O4/c1-3-4-11(7-8-17)10-15-13-6-5-12(20-2)9-14(13)16(18)19/h5-6,9,11,15,17H,3-4,7-8,10H2,1-2H3. The molecule has 0 spiro atoms. The van der Waals surface area contributed by atoms with Crippen LogP contribution in [0.15, 0.2) is 18.2 Å². The molecule has 0 radical (unpaired) electrons. The zero-order valence-electron chi connectivity index (χ0n) is 12.0. The van der Waals surface area contributed by atoms with Crippen LogP contribution in [0.2, 0.25) is 0 Å². The van der Waals surface area contributed by atoms with Crippen LogP contribution in [0.3, 0.4) is 0 Å². The second kappa shape index (κ2) is 8.37. The Balaban J connectivity index is 2.77. The van der Waals surface area contributed by atoms with Crippen LogP contribution in [0.1, 0.15) is 26.2 Å². The molecule has 0 amide bonds. The summed E-state index contributed by atoms with van der Waals surface area (Å²) >= 11 is 0. The van der Waals surface area contributed by atoms with Crippen LogP contribution in [0, 0.1) is 16.0 Å². The smallest absolute Gasteiger partial charge is 0.296 e. The number of ether oxygens (including phenoxy) is 1. The number of hydrogen-bond donors (Lipinski definition) is 2. The van der Waals surface area contributed by atoms with E-state index in [9.17, 15) is 10.1 Å². The molecule has 0 aliphatic carbocycles. The van der Waals surface area contributed by atoms with Gasteiger partial charge in [0.05, 0.1) is 18.1 Å². The third kappa shape index (κ3) is 4.70. The number of hydrogen-bond acceptors (Lipinski definition) is 5. The van der Waals surface area contributed by atoms with Crippen LogP contribution in [0.25, 0.3) is 0 Å². The highest BCUT2D eigenvalue weighted by atomic mass is 16.6. The number of rotatable bonds is 9. The fourth-order valence-electron chi connectivity index (χ4n) is 2.13. The van der Waals surface area contributed by atoms with E-state index in [1.165, 1.54) is 13.2 Å². The second-order valence-electron chi connectivity index (χ2n) is 4.69. The summed E-state index contributed by atoms with van der Waals surface area (Å²) < 4.78 is 5.00. The quantitative estimate of drug-likeness (QED) is 0.537. The van der Waals surface area contributed by atoms with Crippen LogP contribution >= 0.6 is 0 Å². The summed E-state index contributed by atoms with van der Waals surface area (Å²) in [7, 11) is 1.48. The Morgan fingerprint density at radius 1 is 1.45 bits per heavy atom. The molecule has 2 N–H and O–H groups in total. The van der Waals surface area contributed by atoms with Crippen molar-refractivity contribution in [1.29, 1.82) is 0 Å². The van der Waals surface area contributed by atoms with Crippen LogP contribution in [0.5, 0.6) is 5.75 Å². The number of aliphatic hydroxyl groups excluding tert-OH is 1. The van der Waals surface area contributed by atoms with Gasteiger partial charge in [0.1, 0.15) is 11.4 Å². The second-order valence-corrected chi connectivity index (χ2v) is 4.69. The Morgan fingerprint density at radius 2 is 2.20 bits per heavy atom. The van der Waals surface area contributed by atoms with Crippen LogP contribution in [0.4, 0.5) is 11.4 Å². The van der Waals surface area contributed by atoms with Gasteiger partial charge in [0.2, 0.25) is 0 Å². The Hall–Kier alpha value is -1.82. The fourth-order valence-corrected chi connectivity index (χ4v) is 2.13. The Kier molecular flexibility index (Phi) is 6.79. The van der Waals surface area contributed by atoms with E-state index in [-0.39, 0.29) is 12.3 Å². The maximum Gasteiger partial charge on any atom is 0.296 e. The third-order valence-corrected chi connectivity index (χ3v) is 3.22. The Bertz CT molecular complexity index is 431. The van der Waals surface area contributed by atoms with Gasteiger partial charge in [0.15, 0.2) is 0 Å². The topological polar surface area (TPSA) is 84.6 Å². The van der Waals surface area contributed by atoms with Gasteiger partial charge in [-0.25, -0.2) is 0 Å². The maximum atomic E-state index is 11.1. The predicted octanol–water partition coefficient (Wildman–Crippen LogP) is 2.81. The zero-order chi connectivity index (χ0) is 15.0. The summed E-state index contributed by atoms with van der Waals surface area (Å²) in [6.07, 6.45) is 2.71. The third-order valence-electron chi connectivity index (χ3n) is 3.22. The first-order valence-electron chi connectivity index (χ1n) is 6.79. The molecule has 1 atom stereocenters. The van der Waals surface area contributed by atoms with Crippen LogP contribution < -0.4 is 10.1 Å². The lowest BCUT2D eigenvalue weighted by atomic mass is 10.00. The molecular weight excluding hydrogens is 260 g/mol. The summed E-state index contributed by atoms with van der Waals surface area (Å²) in [6.45, 7) is 2.83. The molecule has 1 aromatic rings. The zero-order valence-corrected chi connectivity index (χ0v) is 12.0. The van der Waals surface area contributed by atoms with Crippen molar-refractivity contribution < 1.29 is 14.8 Å². The van der Waals surface area contributed by atoms with Gasteiger partial charge >= 0.3 is 0 Å². The molecule has 0 aliphatic rings. The van der Waals surface area contributed by atoms with E-state index in [4.69, 9.17) is 9.84 Å². The summed E-state index contributed by atoms with van der Waals surface area (Å²) in [5.41, 5.74) is 0.485. The van der Waals surface area contributed by atoms with E-state index in [1.54, 1.807) is 12.1 Å². The SMILES string of the molecule is CCCC(CCO)CNc1ccc(OC)cc1[N+](=O)[O-]. The Morgan fingerprint density at radius 3 is 2.75 bits per heavy atom. The van der Waals surface area contributed by atoms with Crippen molar-refractivity contribution >= 4 is 11.4 Å². The van der Waals surface area contributed by atoms with Crippen LogP contribution in [-0.2, 0) is 0 Å². The average Bonchev–Trinajstić information content (AvgIpc) is 2.45. The lowest BCUT2D eigenvalue weighted by Crippen LogP contribution is -2.16. The number of nitro groups is 1. The largest absolute Gasteiger partial charge is 0.496 e. The van der Waals surface area contributed by atoms with Gasteiger partial charge in [0.25, 0.3) is 5.69 Å². The normalized spacial score (nSPS) is 11.9. The molecule has 112 valence electrons. The minimum atomic E-state index is -0.425. The van der Waals surface area contributed by atoms with Crippen molar-refractivity contribution in [2.45, 2.75) is 26.2 Å². The minimum absolute atomic E-state index is 0.00333. The number of anilines is 1. The molecule has 0 heterocycles. The summed E-state index contributed by atoms with van der Waals surface area (Å²) in [5.74, 6) is 0.773. The van der Waals surface area contributed by atoms with E-state index in [1.807, 2.05) is 0 Å². The van der Waals surface area contributed by atoms with Crippen LogP contribution in [-0.4, -0.2) is 30.3 Å². The van der Waals surface area contributed by atoms with Gasteiger partial charge in [-0.1, -0.05) is 13.3 Å². The molecule has 1 aromatic carbocycles. The lowest BCUT2D eigenvalue weighted by Gasteiger charge is -2.16. The van der Waals surface area contributed by atoms with Gasteiger partial charge in [-0.2, -0.15) is 0 Å². The first-order valence-corrected chi connectivity index (χ1v) is 6.79. The van der Waals surface area contributed by atoms with Crippen molar-refractivity contribution in [3.05, 3.63) is 28.3 Å². The molecule has 0 aromatic heterocycles. The van der Waals surface area contributed by atoms with E-state index in [2.05, 4.69) is 12.2 Å². The van der Waals surface area contributed by atoms with E-state index in [0.29, 0.717) is 30.3 Å². The van der Waals surface area contributed by atoms with E-state index < -0.39 is 4.92 Å². The molecular formula is C14H22N2O4. The van der Waals surface area contributed by atoms with E-state index >= 15 is 0 Å². The Labute approximate surface area is 118 Å². The summed E-state index contributed by atoms with van der Waals surface area (Å²) in [5, 5.41) is 23.2. The monoisotopic (exact) mass is 282 g/mol. The summed E-state index contributed by atoms with van der Waals surface area (Å²) in [4.78, 5) is 10.6. The van der Waals surface area contributed by atoms with Gasteiger partial charge in [0, 0.05) is 13.2 Å². The highest BCUT2D eigenvalue weighted by Crippen LogP contribution is 2.29. The number of aliphatic hydroxyl groups is 1. The first kappa shape index (κ1) is 16.2. The summed E-state index contributed by atoms with van der Waals surface area (Å²) in [6, 6.07) is 4.75. The molecule has 0 aliphatic heterocycles. The van der Waals surface area contributed by atoms with E-state index in [0.717, 1.165) is 12.8 Å². The number of methoxy groups -OCH3 is 1. The van der Waals surface area contributed by atoms with Gasteiger partial charge < -0.3 is 15.2 Å². The van der Waals surface area contributed by atoms with Crippen molar-refractivity contribution in [1.82, 2.24) is 0 Å². The lowest BCUT2D eigenvalue weighted by molar-refractivity contribution is -0.384. The van der Waals surface area contributed by atoms with Crippen molar-refractivity contribution in [2.24, 2.45) is 5.92 Å². The highest BCUT2D eigenvalue weighted by molar-refractivity contribution is 5.63. The number of nitrogens with zero attached hydrogens (tertiary/aromatic N) is 1. The van der Waals surface area contributed by atoms with Crippen molar-refractivity contribution in [3.63, 3.8) is 0 Å². The minimum Gasteiger partial charge on any atom is -0.496 e. The first-order chi connectivity index (χ1) is 9.62. The average molecular weight is 282 g/mol. The number of benzene rings is 1. The molecule has 6 heteroatoms. The fraction of sp³-hybridized carbons (Fsp3) is 0.571. The molecule has 6 nitrogen and oxygen atoms in total. The van der Waals surface area contributed by atoms with Gasteiger partial charge in [-0.05, 0) is 30.9 Å². The predicted molar refractivity (Wildman–Crippen MR) is 78.2 cm³/mol. The number of nitrogens with one attached hydrogen (secondary N) is 1. The highest BCUT2D eigenvalue weighted by Gasteiger charge is 2.16. The molecule has 1 unspecified atom stereocenters. The molecule has 1 rings (SSSR count). The molecule has 0 fully saturated rings. The molecule has 0 saturated heterocycles.